The van der Waals surface area contributed by atoms with Crippen LogP contribution >= 0.6 is 46.6 Å². The molecule has 4 aromatic rings. The third-order valence-electron chi connectivity index (χ3n) is 7.75. The topological polar surface area (TPSA) is 126 Å². The largest absolute Gasteiger partial charge is 0.477 e. The van der Waals surface area contributed by atoms with Crippen LogP contribution in [0.15, 0.2) is 46.7 Å². The molecule has 6 rings (SSSR count). The van der Waals surface area contributed by atoms with Gasteiger partial charge in [-0.1, -0.05) is 52.6 Å². The molecule has 15 heteroatoms. The van der Waals surface area contributed by atoms with Crippen molar-refractivity contribution in [1.29, 1.82) is 0 Å². The fourth-order valence-electron chi connectivity index (χ4n) is 5.42. The molecule has 0 radical (unpaired) electrons. The van der Waals surface area contributed by atoms with E-state index >= 15 is 4.39 Å². The Balaban J connectivity index is 1.06. The molecule has 2 atom stereocenters. The van der Waals surface area contributed by atoms with Gasteiger partial charge in [0.05, 0.1) is 44.3 Å². The number of benzene rings is 2. The summed E-state index contributed by atoms with van der Waals surface area (Å²) >= 11 is 20.2. The highest BCUT2D eigenvalue weighted by molar-refractivity contribution is 7.99. The number of hydrogen-bond donors (Lipinski definition) is 3. The van der Waals surface area contributed by atoms with Crippen LogP contribution in [-0.4, -0.2) is 73.0 Å². The molecule has 3 N–H and O–H groups in total. The number of nitrogens with zero attached hydrogens (tertiary/aromatic N) is 5. The van der Waals surface area contributed by atoms with E-state index in [4.69, 9.17) is 34.8 Å². The van der Waals surface area contributed by atoms with E-state index in [9.17, 15) is 19.8 Å². The normalized spacial score (nSPS) is 17.5. The van der Waals surface area contributed by atoms with Crippen LogP contribution in [0.4, 0.5) is 10.1 Å². The Kier molecular flexibility index (Phi) is 9.10. The Hall–Kier alpha value is -2.87. The summed E-state index contributed by atoms with van der Waals surface area (Å²) in [6.45, 7) is 1.77. The van der Waals surface area contributed by atoms with E-state index in [1.807, 2.05) is 11.0 Å². The number of aromatic carboxylic acids is 1. The molecule has 1 saturated heterocycles. The first-order valence-electron chi connectivity index (χ1n) is 14.0. The molecular formula is C29H28Cl3FN6O4S. The zero-order valence-corrected chi connectivity index (χ0v) is 26.3. The highest BCUT2D eigenvalue weighted by Gasteiger charge is 2.32. The lowest BCUT2D eigenvalue weighted by atomic mass is 10.1. The Bertz CT molecular complexity index is 1800. The third-order valence-corrected chi connectivity index (χ3v) is 9.84. The lowest BCUT2D eigenvalue weighted by molar-refractivity contribution is 0.0694. The van der Waals surface area contributed by atoms with E-state index in [1.165, 1.54) is 18.0 Å². The van der Waals surface area contributed by atoms with Gasteiger partial charge in [-0.15, -0.1) is 5.10 Å². The molecule has 2 fully saturated rings. The summed E-state index contributed by atoms with van der Waals surface area (Å²) in [6.07, 6.45) is 4.62. The van der Waals surface area contributed by atoms with Crippen molar-refractivity contribution < 1.29 is 19.4 Å². The lowest BCUT2D eigenvalue weighted by Gasteiger charge is -2.24. The molecule has 1 saturated carbocycles. The highest BCUT2D eigenvalue weighted by Crippen LogP contribution is 2.42. The number of carboxylic acid groups (broad SMARTS) is 1. The third kappa shape index (κ3) is 6.56. The summed E-state index contributed by atoms with van der Waals surface area (Å²) in [6, 6.07) is 6.48. The number of nitrogens with one attached hydrogen (secondary N) is 1. The molecule has 10 nitrogen and oxygen atoms in total. The number of aromatic nitrogens is 4. The molecule has 0 bridgehead atoms. The minimum atomic E-state index is -1.35. The molecule has 3 heterocycles. The molecule has 2 aromatic heterocycles. The molecule has 232 valence electrons. The molecule has 0 spiro atoms. The van der Waals surface area contributed by atoms with Crippen LogP contribution < -0.4 is 15.6 Å². The number of anilines is 1. The number of carboxylic acids is 1. The average Bonchev–Trinajstić information content (AvgIpc) is 3.56. The van der Waals surface area contributed by atoms with Crippen LogP contribution in [0.5, 0.6) is 0 Å². The first kappa shape index (κ1) is 31.1. The van der Waals surface area contributed by atoms with Gasteiger partial charge in [-0.25, -0.2) is 18.9 Å². The van der Waals surface area contributed by atoms with Crippen molar-refractivity contribution in [2.24, 2.45) is 0 Å². The number of aliphatic hydroxyl groups excluding tert-OH is 1. The van der Waals surface area contributed by atoms with Gasteiger partial charge in [-0.2, -0.15) is 0 Å². The van der Waals surface area contributed by atoms with Gasteiger partial charge in [0, 0.05) is 43.7 Å². The quantitative estimate of drug-likeness (QED) is 0.186. The van der Waals surface area contributed by atoms with Crippen molar-refractivity contribution in [3.63, 3.8) is 0 Å². The Morgan fingerprint density at radius 3 is 2.70 bits per heavy atom. The van der Waals surface area contributed by atoms with Gasteiger partial charge in [0.2, 0.25) is 10.6 Å². The van der Waals surface area contributed by atoms with Crippen LogP contribution in [0.3, 0.4) is 0 Å². The van der Waals surface area contributed by atoms with Crippen molar-refractivity contribution in [2.45, 2.75) is 49.2 Å². The van der Waals surface area contributed by atoms with E-state index < -0.39 is 28.9 Å². The number of rotatable bonds is 11. The predicted molar refractivity (Wildman–Crippen MR) is 169 cm³/mol. The van der Waals surface area contributed by atoms with Gasteiger partial charge in [0.25, 0.3) is 0 Å². The number of fused-ring (bicyclic) bond motifs is 1. The maximum absolute atomic E-state index is 15.4. The van der Waals surface area contributed by atoms with E-state index in [1.54, 1.807) is 27.7 Å². The molecule has 0 amide bonds. The van der Waals surface area contributed by atoms with Gasteiger partial charge >= 0.3 is 5.97 Å². The second kappa shape index (κ2) is 12.9. The first-order chi connectivity index (χ1) is 21.1. The predicted octanol–water partition coefficient (Wildman–Crippen LogP) is 5.10. The van der Waals surface area contributed by atoms with Crippen molar-refractivity contribution in [3.05, 3.63) is 79.0 Å². The summed E-state index contributed by atoms with van der Waals surface area (Å²) in [5.74, 6) is -1.65. The van der Waals surface area contributed by atoms with Gasteiger partial charge in [-0.05, 0) is 43.0 Å². The maximum Gasteiger partial charge on any atom is 0.341 e. The number of aliphatic hydroxyl groups is 1. The van der Waals surface area contributed by atoms with Crippen LogP contribution in [0.25, 0.3) is 10.9 Å². The zero-order chi connectivity index (χ0) is 31.1. The highest BCUT2D eigenvalue weighted by atomic mass is 35.5. The van der Waals surface area contributed by atoms with Crippen LogP contribution in [0.1, 0.15) is 41.2 Å². The summed E-state index contributed by atoms with van der Waals surface area (Å²) < 4.78 is 18.8. The number of thioether (sulfide) groups is 1. The summed E-state index contributed by atoms with van der Waals surface area (Å²) in [5, 5.41) is 29.5. The summed E-state index contributed by atoms with van der Waals surface area (Å²) in [4.78, 5) is 30.6. The molecular weight excluding hydrogens is 654 g/mol. The second-order valence-electron chi connectivity index (χ2n) is 11.0. The summed E-state index contributed by atoms with van der Waals surface area (Å²) in [5.41, 5.74) is 0.335. The van der Waals surface area contributed by atoms with Gasteiger partial charge in [0.1, 0.15) is 17.7 Å². The van der Waals surface area contributed by atoms with Crippen LogP contribution in [0.2, 0.25) is 15.1 Å². The van der Waals surface area contributed by atoms with E-state index in [0.717, 1.165) is 24.5 Å². The molecule has 2 aromatic carbocycles. The Morgan fingerprint density at radius 2 is 1.98 bits per heavy atom. The zero-order valence-electron chi connectivity index (χ0n) is 23.2. The van der Waals surface area contributed by atoms with Crippen molar-refractivity contribution >= 4 is 69.1 Å². The average molecular weight is 682 g/mol. The Labute approximate surface area is 270 Å². The number of halogens is 4. The molecule has 1 aliphatic heterocycles. The van der Waals surface area contributed by atoms with Crippen molar-refractivity contribution in [1.82, 2.24) is 24.6 Å². The molecule has 2 aliphatic rings. The number of carbonyl (C=O) groups is 1. The smallest absolute Gasteiger partial charge is 0.341 e. The Morgan fingerprint density at radius 1 is 1.18 bits per heavy atom. The molecule has 1 aliphatic carbocycles. The number of hydrogen-bond acceptors (Lipinski definition) is 8. The van der Waals surface area contributed by atoms with Gasteiger partial charge in [-0.3, -0.25) is 4.79 Å². The number of pyridine rings is 1. The lowest BCUT2D eigenvalue weighted by Crippen LogP contribution is -2.38. The van der Waals surface area contributed by atoms with E-state index in [2.05, 4.69) is 15.4 Å². The second-order valence-corrected chi connectivity index (χ2v) is 13.2. The maximum atomic E-state index is 15.4. The monoisotopic (exact) mass is 680 g/mol. The minimum absolute atomic E-state index is 0.0194. The first-order valence-corrected chi connectivity index (χ1v) is 16.1. The standard InChI is InChI=1S/C29H28Cl3FN6O4S/c30-21-4-1-15(7-22(21)31)10-38-14-35-29(36-38)44-13-18(40)9-34-16-5-6-37(11-16)26-23(33)8-19-25(24(26)32)39(17-2-3-17)12-20(27(19)41)28(42)43/h1,4,7-8,12,14,16-18,34,40H,2-3,5-6,9-11,13H2,(H,42,43). The van der Waals surface area contributed by atoms with Crippen LogP contribution in [-0.2, 0) is 6.54 Å². The fourth-order valence-corrected chi connectivity index (χ4v) is 6.90. The van der Waals surface area contributed by atoms with Gasteiger partial charge < -0.3 is 25.0 Å². The van der Waals surface area contributed by atoms with E-state index in [0.29, 0.717) is 59.1 Å². The SMILES string of the molecule is O=C(O)c1cn(C2CC2)c2c(Cl)c(N3CCC(NCC(O)CSc4ncn(Cc5ccc(Cl)c(Cl)c5)n4)C3)c(F)cc2c1=O. The van der Waals surface area contributed by atoms with E-state index in [-0.39, 0.29) is 28.2 Å². The van der Waals surface area contributed by atoms with Gasteiger partial charge in [0.15, 0.2) is 0 Å². The molecule has 2 unspecified atom stereocenters. The summed E-state index contributed by atoms with van der Waals surface area (Å²) in [7, 11) is 0. The van der Waals surface area contributed by atoms with Crippen molar-refractivity contribution in [2.75, 3.05) is 30.3 Å². The van der Waals surface area contributed by atoms with Crippen molar-refractivity contribution in [3.8, 4) is 0 Å². The minimum Gasteiger partial charge on any atom is -0.477 e. The molecule has 44 heavy (non-hydrogen) atoms. The fraction of sp³-hybridized carbons (Fsp3) is 0.379. The van der Waals surface area contributed by atoms with Crippen LogP contribution in [0, 0.1) is 5.82 Å².